The molecule has 0 atom stereocenters. The van der Waals surface area contributed by atoms with E-state index in [4.69, 9.17) is 0 Å². The number of carbonyl (C=O) groups is 1. The van der Waals surface area contributed by atoms with Crippen LogP contribution in [0.2, 0.25) is 0 Å². The lowest BCUT2D eigenvalue weighted by atomic mass is 9.76. The summed E-state index contributed by atoms with van der Waals surface area (Å²) in [6.07, 6.45) is 7.54. The first kappa shape index (κ1) is 36.3. The standard InChI is InChI=1S/C38H52N2OS4/c1-6-15-39(5)33-10-13-36-31(26-33)25-32-27-34(41)11-14-37(32)38(36)35-12-9-30(24-29(35)4)28-40(16-18-44-22-20-42-7-2)17-19-45-23-21-43-8-3/h9-14,24,26-27H,6-8,15-23,25,28H2,1-5H3. The smallest absolute Gasteiger partial charge is 0.178 e. The molecule has 0 spiro atoms. The van der Waals surface area contributed by atoms with Gasteiger partial charge in [0.05, 0.1) is 0 Å². The van der Waals surface area contributed by atoms with Crippen LogP contribution in [0.5, 0.6) is 0 Å². The highest BCUT2D eigenvalue weighted by molar-refractivity contribution is 8.03. The lowest BCUT2D eigenvalue weighted by Gasteiger charge is -2.29. The molecule has 2 aliphatic rings. The highest BCUT2D eigenvalue weighted by Gasteiger charge is 2.26. The molecule has 3 nitrogen and oxygen atoms in total. The Morgan fingerprint density at radius 2 is 1.42 bits per heavy atom. The third-order valence-electron chi connectivity index (χ3n) is 8.31. The van der Waals surface area contributed by atoms with E-state index in [1.54, 1.807) is 6.08 Å². The molecule has 0 N–H and O–H groups in total. The summed E-state index contributed by atoms with van der Waals surface area (Å²) in [6, 6.07) is 14.0. The van der Waals surface area contributed by atoms with Gasteiger partial charge in [-0.15, -0.1) is 0 Å². The van der Waals surface area contributed by atoms with E-state index in [2.05, 4.69) is 111 Å². The first-order valence-corrected chi connectivity index (χ1v) is 21.2. The van der Waals surface area contributed by atoms with Gasteiger partial charge >= 0.3 is 0 Å². The molecule has 4 rings (SSSR count). The molecule has 7 heteroatoms. The molecule has 2 aromatic carbocycles. The van der Waals surface area contributed by atoms with Crippen LogP contribution in [0.1, 0.15) is 55.0 Å². The van der Waals surface area contributed by atoms with E-state index in [0.717, 1.165) is 44.6 Å². The number of hydrogen-bond donors (Lipinski definition) is 0. The maximum atomic E-state index is 12.4. The third-order valence-corrected chi connectivity index (χ3v) is 12.6. The van der Waals surface area contributed by atoms with Gasteiger partial charge in [0.2, 0.25) is 0 Å². The number of thioether (sulfide) groups is 4. The summed E-state index contributed by atoms with van der Waals surface area (Å²) < 4.78 is 0. The minimum absolute atomic E-state index is 0.0903. The van der Waals surface area contributed by atoms with Crippen molar-refractivity contribution in [2.75, 3.05) is 77.6 Å². The second kappa shape index (κ2) is 19.3. The fourth-order valence-electron chi connectivity index (χ4n) is 6.02. The highest BCUT2D eigenvalue weighted by atomic mass is 32.2. The predicted molar refractivity (Wildman–Crippen MR) is 209 cm³/mol. The van der Waals surface area contributed by atoms with E-state index < -0.39 is 0 Å². The molecule has 0 amide bonds. The third kappa shape index (κ3) is 10.8. The zero-order valence-corrected chi connectivity index (χ0v) is 31.3. The number of hydrogen-bond acceptors (Lipinski definition) is 7. The first-order chi connectivity index (χ1) is 21.9. The van der Waals surface area contributed by atoms with Crippen LogP contribution in [0.15, 0.2) is 65.8 Å². The monoisotopic (exact) mass is 680 g/mol. The van der Waals surface area contributed by atoms with Crippen LogP contribution in [-0.4, -0.2) is 83.4 Å². The minimum Gasteiger partial charge on any atom is -0.375 e. The molecule has 0 unspecified atom stereocenters. The average Bonchev–Trinajstić information content (AvgIpc) is 3.03. The van der Waals surface area contributed by atoms with Crippen LogP contribution in [0.3, 0.4) is 0 Å². The number of fused-ring (bicyclic) bond motifs is 2. The molecule has 0 bridgehead atoms. The van der Waals surface area contributed by atoms with Crippen LogP contribution >= 0.6 is 47.0 Å². The molecule has 2 aromatic rings. The Balaban J connectivity index is 1.55. The molecule has 244 valence electrons. The number of carbonyl (C=O) groups excluding carboxylic acids is 1. The number of ketones is 1. The minimum atomic E-state index is 0.0903. The predicted octanol–water partition coefficient (Wildman–Crippen LogP) is 9.04. The van der Waals surface area contributed by atoms with Gasteiger partial charge in [0.15, 0.2) is 5.78 Å². The Morgan fingerprint density at radius 3 is 2.07 bits per heavy atom. The Morgan fingerprint density at radius 1 is 0.756 bits per heavy atom. The number of rotatable bonds is 20. The van der Waals surface area contributed by atoms with Crippen LogP contribution in [0, 0.1) is 6.92 Å². The van der Waals surface area contributed by atoms with Gasteiger partial charge in [0.25, 0.3) is 0 Å². The largest absolute Gasteiger partial charge is 0.375 e. The Bertz CT molecular complexity index is 1350. The van der Waals surface area contributed by atoms with E-state index in [1.165, 1.54) is 90.7 Å². The van der Waals surface area contributed by atoms with Crippen molar-refractivity contribution in [3.05, 3.63) is 93.6 Å². The van der Waals surface area contributed by atoms with E-state index in [9.17, 15) is 4.79 Å². The maximum absolute atomic E-state index is 12.4. The van der Waals surface area contributed by atoms with Crippen molar-refractivity contribution in [2.24, 2.45) is 0 Å². The van der Waals surface area contributed by atoms with Crippen molar-refractivity contribution < 1.29 is 4.79 Å². The van der Waals surface area contributed by atoms with Crippen LogP contribution < -0.4 is 4.90 Å². The number of anilines is 1. The Hall–Kier alpha value is -1.51. The molecule has 0 aliphatic heterocycles. The summed E-state index contributed by atoms with van der Waals surface area (Å²) in [4.78, 5) is 17.4. The molecular formula is C38H52N2OS4. The van der Waals surface area contributed by atoms with Crippen molar-refractivity contribution in [3.63, 3.8) is 0 Å². The van der Waals surface area contributed by atoms with Gasteiger partial charge in [0, 0.05) is 73.4 Å². The summed E-state index contributed by atoms with van der Waals surface area (Å²) in [7, 11) is 2.17. The summed E-state index contributed by atoms with van der Waals surface area (Å²) in [5, 5.41) is 0. The topological polar surface area (TPSA) is 23.6 Å². The molecule has 0 aromatic heterocycles. The van der Waals surface area contributed by atoms with Crippen LogP contribution in [0.4, 0.5) is 5.69 Å². The average molecular weight is 681 g/mol. The van der Waals surface area contributed by atoms with Crippen molar-refractivity contribution in [2.45, 2.75) is 47.1 Å². The van der Waals surface area contributed by atoms with E-state index in [-0.39, 0.29) is 5.78 Å². The molecule has 0 fully saturated rings. The molecule has 45 heavy (non-hydrogen) atoms. The maximum Gasteiger partial charge on any atom is 0.178 e. The first-order valence-electron chi connectivity index (χ1n) is 16.6. The lowest BCUT2D eigenvalue weighted by molar-refractivity contribution is -0.110. The zero-order valence-electron chi connectivity index (χ0n) is 28.0. The van der Waals surface area contributed by atoms with Crippen LogP contribution in [-0.2, 0) is 17.8 Å². The second-order valence-corrected chi connectivity index (χ2v) is 16.9. The van der Waals surface area contributed by atoms with Gasteiger partial charge in [-0.25, -0.2) is 0 Å². The van der Waals surface area contributed by atoms with Crippen molar-refractivity contribution in [3.8, 4) is 0 Å². The fourth-order valence-corrected chi connectivity index (χ4v) is 9.67. The fraction of sp³-hybridized carbons (Fsp3) is 0.500. The van der Waals surface area contributed by atoms with Gasteiger partial charge < -0.3 is 4.90 Å². The molecular weight excluding hydrogens is 629 g/mol. The van der Waals surface area contributed by atoms with Crippen molar-refractivity contribution in [1.82, 2.24) is 4.90 Å². The Labute approximate surface area is 290 Å². The molecule has 0 radical (unpaired) electrons. The van der Waals surface area contributed by atoms with E-state index in [0.29, 0.717) is 0 Å². The normalized spacial score (nSPS) is 14.2. The zero-order chi connectivity index (χ0) is 32.0. The summed E-state index contributed by atoms with van der Waals surface area (Å²) in [6.45, 7) is 13.3. The van der Waals surface area contributed by atoms with Gasteiger partial charge in [-0.3, -0.25) is 9.69 Å². The van der Waals surface area contributed by atoms with Gasteiger partial charge in [-0.05, 0) is 100 Å². The second-order valence-electron chi connectivity index (χ2n) is 11.7. The van der Waals surface area contributed by atoms with Gasteiger partial charge in [-0.1, -0.05) is 51.1 Å². The molecule has 0 heterocycles. The van der Waals surface area contributed by atoms with Crippen LogP contribution in [0.25, 0.3) is 5.57 Å². The highest BCUT2D eigenvalue weighted by Crippen LogP contribution is 2.42. The number of benzene rings is 2. The molecule has 0 saturated carbocycles. The summed E-state index contributed by atoms with van der Waals surface area (Å²) >= 11 is 8.29. The number of allylic oxidation sites excluding steroid dienone is 5. The van der Waals surface area contributed by atoms with Crippen molar-refractivity contribution >= 4 is 64.1 Å². The quantitative estimate of drug-likeness (QED) is 0.129. The van der Waals surface area contributed by atoms with E-state index in [1.807, 2.05) is 29.6 Å². The SMILES string of the molecule is CCCN(C)c1ccc2c(c1)CC1=CC(=O)C=CC1=C2c1ccc(CN(CCSCCSCC)CCSCCSCC)cc1C. The molecule has 0 saturated heterocycles. The summed E-state index contributed by atoms with van der Waals surface area (Å²) in [5.74, 6) is 9.90. The number of nitrogens with zero attached hydrogens (tertiary/aromatic N) is 2. The Kier molecular flexibility index (Phi) is 15.6. The van der Waals surface area contributed by atoms with Gasteiger partial charge in [0.1, 0.15) is 0 Å². The summed E-state index contributed by atoms with van der Waals surface area (Å²) in [5.41, 5.74) is 11.4. The van der Waals surface area contributed by atoms with Crippen molar-refractivity contribution in [1.29, 1.82) is 0 Å². The number of aryl methyl sites for hydroxylation is 1. The lowest BCUT2D eigenvalue weighted by Crippen LogP contribution is -2.28. The van der Waals surface area contributed by atoms with Gasteiger partial charge in [-0.2, -0.15) is 47.0 Å². The molecule has 2 aliphatic carbocycles. The van der Waals surface area contributed by atoms with E-state index >= 15 is 0 Å².